The number of ether oxygens (including phenoxy) is 2. The minimum atomic E-state index is -0.593. The van der Waals surface area contributed by atoms with Gasteiger partial charge >= 0.3 is 5.97 Å². The molecule has 2 bridgehead atoms. The predicted molar refractivity (Wildman–Crippen MR) is 83.0 cm³/mol. The molecule has 5 atom stereocenters. The van der Waals surface area contributed by atoms with Gasteiger partial charge in [-0.1, -0.05) is 30.3 Å². The SMILES string of the molecule is CN1C2CC(OC(=O)[C@H](CO)c3ccccc3)CC1C1OC12.O. The van der Waals surface area contributed by atoms with Crippen LogP contribution >= 0.6 is 0 Å². The lowest BCUT2D eigenvalue weighted by molar-refractivity contribution is -0.156. The summed E-state index contributed by atoms with van der Waals surface area (Å²) in [6.07, 6.45) is 2.26. The van der Waals surface area contributed by atoms with Crippen LogP contribution in [0.25, 0.3) is 0 Å². The van der Waals surface area contributed by atoms with Crippen molar-refractivity contribution in [3.63, 3.8) is 0 Å². The van der Waals surface area contributed by atoms with E-state index >= 15 is 0 Å². The first-order chi connectivity index (χ1) is 10.7. The quantitative estimate of drug-likeness (QED) is 0.627. The van der Waals surface area contributed by atoms with Crippen molar-refractivity contribution < 1.29 is 24.9 Å². The van der Waals surface area contributed by atoms with Crippen molar-refractivity contribution in [3.8, 4) is 0 Å². The number of aliphatic hydroxyl groups is 1. The van der Waals surface area contributed by atoms with E-state index in [9.17, 15) is 9.90 Å². The standard InChI is InChI=1S/C17H21NO4.H2O/c1-18-13-7-11(8-14(18)16-15(13)22-16)21-17(20)12(9-19)10-5-3-2-4-6-10;/h2-6,11-16,19H,7-9H2,1H3;1H2/t11?,12-,13?,14?,15?,16?;/m1./s1. The Balaban J connectivity index is 0.00000156. The zero-order valence-corrected chi connectivity index (χ0v) is 13.1. The van der Waals surface area contributed by atoms with E-state index in [4.69, 9.17) is 9.47 Å². The Kier molecular flexibility index (Phi) is 4.42. The number of epoxide rings is 1. The Morgan fingerprint density at radius 3 is 2.48 bits per heavy atom. The van der Waals surface area contributed by atoms with Gasteiger partial charge in [-0.25, -0.2) is 0 Å². The van der Waals surface area contributed by atoms with Crippen molar-refractivity contribution in [2.24, 2.45) is 0 Å². The number of piperidine rings is 1. The highest BCUT2D eigenvalue weighted by Crippen LogP contribution is 2.48. The summed E-state index contributed by atoms with van der Waals surface area (Å²) < 4.78 is 11.4. The second kappa shape index (κ2) is 6.20. The summed E-state index contributed by atoms with van der Waals surface area (Å²) in [5, 5.41) is 9.56. The Morgan fingerprint density at radius 2 is 1.91 bits per heavy atom. The molecular weight excluding hydrogens is 298 g/mol. The van der Waals surface area contributed by atoms with E-state index in [-0.39, 0.29) is 24.2 Å². The molecule has 0 radical (unpaired) electrons. The van der Waals surface area contributed by atoms with Crippen LogP contribution in [0.2, 0.25) is 0 Å². The van der Waals surface area contributed by atoms with E-state index in [1.54, 1.807) is 0 Å². The lowest BCUT2D eigenvalue weighted by Gasteiger charge is -2.38. The first-order valence-corrected chi connectivity index (χ1v) is 7.92. The van der Waals surface area contributed by atoms with E-state index < -0.39 is 5.92 Å². The molecule has 1 aromatic carbocycles. The number of carbonyl (C=O) groups is 1. The Labute approximate surface area is 135 Å². The van der Waals surface area contributed by atoms with Crippen molar-refractivity contribution in [3.05, 3.63) is 35.9 Å². The van der Waals surface area contributed by atoms with Crippen LogP contribution in [0, 0.1) is 0 Å². The molecule has 6 nitrogen and oxygen atoms in total. The summed E-state index contributed by atoms with van der Waals surface area (Å²) in [6, 6.07) is 10.1. The molecule has 23 heavy (non-hydrogen) atoms. The lowest BCUT2D eigenvalue weighted by Crippen LogP contribution is -2.48. The molecule has 1 aromatic rings. The van der Waals surface area contributed by atoms with Gasteiger partial charge in [-0.15, -0.1) is 0 Å². The molecule has 0 saturated carbocycles. The van der Waals surface area contributed by atoms with Crippen LogP contribution in [0.1, 0.15) is 24.3 Å². The van der Waals surface area contributed by atoms with Crippen LogP contribution in [0.5, 0.6) is 0 Å². The molecule has 3 saturated heterocycles. The van der Waals surface area contributed by atoms with E-state index in [2.05, 4.69) is 11.9 Å². The molecule has 3 aliphatic rings. The number of hydrogen-bond acceptors (Lipinski definition) is 5. The minimum Gasteiger partial charge on any atom is -0.462 e. The molecule has 3 aliphatic heterocycles. The van der Waals surface area contributed by atoms with Crippen LogP contribution < -0.4 is 0 Å². The summed E-state index contributed by atoms with van der Waals surface area (Å²) in [4.78, 5) is 14.8. The molecule has 3 fully saturated rings. The van der Waals surface area contributed by atoms with Crippen LogP contribution in [0.3, 0.4) is 0 Å². The normalized spacial score (nSPS) is 35.8. The minimum absolute atomic E-state index is 0. The Hall–Kier alpha value is -1.47. The van der Waals surface area contributed by atoms with Crippen LogP contribution in [-0.4, -0.2) is 65.5 Å². The summed E-state index contributed by atoms with van der Waals surface area (Å²) in [5.41, 5.74) is 0.803. The molecule has 3 N–H and O–H groups in total. The zero-order valence-electron chi connectivity index (χ0n) is 13.1. The smallest absolute Gasteiger partial charge is 0.316 e. The van der Waals surface area contributed by atoms with Gasteiger partial charge in [0, 0.05) is 24.9 Å². The number of fused-ring (bicyclic) bond motifs is 5. The third-order valence-electron chi connectivity index (χ3n) is 5.33. The van der Waals surface area contributed by atoms with Crippen molar-refractivity contribution >= 4 is 5.97 Å². The maximum atomic E-state index is 12.4. The fraction of sp³-hybridized carbons (Fsp3) is 0.588. The number of esters is 1. The highest BCUT2D eigenvalue weighted by atomic mass is 16.6. The number of benzene rings is 1. The fourth-order valence-corrected chi connectivity index (χ4v) is 4.04. The van der Waals surface area contributed by atoms with E-state index in [1.165, 1.54) is 0 Å². The highest BCUT2D eigenvalue weighted by molar-refractivity contribution is 5.78. The maximum Gasteiger partial charge on any atom is 0.316 e. The average molecular weight is 321 g/mol. The molecule has 3 heterocycles. The Morgan fingerprint density at radius 1 is 1.30 bits per heavy atom. The number of rotatable bonds is 4. The third kappa shape index (κ3) is 2.76. The van der Waals surface area contributed by atoms with Gasteiger partial charge in [0.2, 0.25) is 0 Å². The maximum absolute atomic E-state index is 12.4. The van der Waals surface area contributed by atoms with Gasteiger partial charge in [0.05, 0.1) is 6.61 Å². The van der Waals surface area contributed by atoms with Crippen LogP contribution in [0.4, 0.5) is 0 Å². The van der Waals surface area contributed by atoms with E-state index in [0.717, 1.165) is 18.4 Å². The number of nitrogens with zero attached hydrogens (tertiary/aromatic N) is 1. The topological polar surface area (TPSA) is 93.8 Å². The number of carbonyl (C=O) groups excluding carboxylic acids is 1. The van der Waals surface area contributed by atoms with Crippen molar-refractivity contribution in [2.75, 3.05) is 13.7 Å². The molecule has 126 valence electrons. The number of morpholine rings is 1. The summed E-state index contributed by atoms with van der Waals surface area (Å²) >= 11 is 0. The summed E-state index contributed by atoms with van der Waals surface area (Å²) in [5.74, 6) is -0.915. The average Bonchev–Trinajstić information content (AvgIpc) is 3.27. The predicted octanol–water partition coefficient (Wildman–Crippen LogP) is 0.0934. The number of likely N-dealkylation sites (N-methyl/N-ethyl adjacent to an activating group) is 1. The van der Waals surface area contributed by atoms with E-state index in [0.29, 0.717) is 24.3 Å². The van der Waals surface area contributed by atoms with Crippen LogP contribution in [-0.2, 0) is 14.3 Å². The molecule has 4 rings (SSSR count). The van der Waals surface area contributed by atoms with Crippen molar-refractivity contribution in [1.29, 1.82) is 0 Å². The molecule has 0 aromatic heterocycles. The summed E-state index contributed by atoms with van der Waals surface area (Å²) in [7, 11) is 2.13. The third-order valence-corrected chi connectivity index (χ3v) is 5.33. The first kappa shape index (κ1) is 16.4. The first-order valence-electron chi connectivity index (χ1n) is 7.92. The molecule has 6 heteroatoms. The highest BCUT2D eigenvalue weighted by Gasteiger charge is 2.62. The van der Waals surface area contributed by atoms with Crippen molar-refractivity contribution in [1.82, 2.24) is 4.90 Å². The fourth-order valence-electron chi connectivity index (χ4n) is 4.04. The van der Waals surface area contributed by atoms with Gasteiger partial charge in [-0.2, -0.15) is 0 Å². The van der Waals surface area contributed by atoms with Gasteiger partial charge in [0.1, 0.15) is 24.2 Å². The van der Waals surface area contributed by atoms with Gasteiger partial charge in [0.25, 0.3) is 0 Å². The van der Waals surface area contributed by atoms with Crippen molar-refractivity contribution in [2.45, 2.75) is 49.2 Å². The zero-order chi connectivity index (χ0) is 15.3. The van der Waals surface area contributed by atoms with Crippen LogP contribution in [0.15, 0.2) is 30.3 Å². The molecule has 4 unspecified atom stereocenters. The number of aliphatic hydroxyl groups excluding tert-OH is 1. The molecule has 0 amide bonds. The number of hydrogen-bond donors (Lipinski definition) is 1. The monoisotopic (exact) mass is 321 g/mol. The Bertz CT molecular complexity index is 547. The van der Waals surface area contributed by atoms with Gasteiger partial charge in [0.15, 0.2) is 0 Å². The molecule has 0 spiro atoms. The largest absolute Gasteiger partial charge is 0.462 e. The lowest BCUT2D eigenvalue weighted by atomic mass is 9.97. The molecular formula is C17H23NO5. The molecule has 0 aliphatic carbocycles. The summed E-state index contributed by atoms with van der Waals surface area (Å²) in [6.45, 7) is -0.226. The van der Waals surface area contributed by atoms with Gasteiger partial charge in [-0.05, 0) is 12.6 Å². The van der Waals surface area contributed by atoms with Gasteiger partial charge < -0.3 is 20.1 Å². The van der Waals surface area contributed by atoms with E-state index in [1.807, 2.05) is 30.3 Å². The van der Waals surface area contributed by atoms with Gasteiger partial charge in [-0.3, -0.25) is 9.69 Å². The second-order valence-electron chi connectivity index (χ2n) is 6.54. The second-order valence-corrected chi connectivity index (χ2v) is 6.54.